The molecule has 5 nitrogen and oxygen atoms in total. The van der Waals surface area contributed by atoms with Crippen molar-refractivity contribution in [3.8, 4) is 0 Å². The van der Waals surface area contributed by atoms with Gasteiger partial charge in [0, 0.05) is 10.5 Å². The molecule has 1 fully saturated rings. The number of sulfone groups is 1. The van der Waals surface area contributed by atoms with Crippen LogP contribution in [0.5, 0.6) is 0 Å². The van der Waals surface area contributed by atoms with Crippen LogP contribution in [0.25, 0.3) is 0 Å². The second-order valence-electron chi connectivity index (χ2n) is 4.53. The Morgan fingerprint density at radius 1 is 1.32 bits per heavy atom. The summed E-state index contributed by atoms with van der Waals surface area (Å²) >= 11 is 3.21. The third kappa shape index (κ3) is 4.01. The van der Waals surface area contributed by atoms with E-state index in [4.69, 9.17) is 0 Å². The molecule has 1 aliphatic heterocycles. The van der Waals surface area contributed by atoms with E-state index in [9.17, 15) is 16.8 Å². The fraction of sp³-hybridized carbons (Fsp3) is 0.455. The largest absolute Gasteiger partial charge is 0.240 e. The smallest absolute Gasteiger partial charge is 0.229 e. The Morgan fingerprint density at radius 3 is 2.68 bits per heavy atom. The van der Waals surface area contributed by atoms with E-state index in [-0.39, 0.29) is 16.4 Å². The molecule has 0 spiro atoms. The molecule has 0 aliphatic carbocycles. The number of benzene rings is 1. The van der Waals surface area contributed by atoms with Gasteiger partial charge >= 0.3 is 0 Å². The molecule has 0 amide bonds. The van der Waals surface area contributed by atoms with E-state index in [0.717, 1.165) is 0 Å². The summed E-state index contributed by atoms with van der Waals surface area (Å²) in [4.78, 5) is 0.129. The summed E-state index contributed by atoms with van der Waals surface area (Å²) in [6, 6.07) is 5.77. The Kier molecular flexibility index (Phi) is 4.34. The van der Waals surface area contributed by atoms with Crippen LogP contribution in [0.3, 0.4) is 0 Å². The van der Waals surface area contributed by atoms with E-state index in [1.165, 1.54) is 12.1 Å². The Bertz CT molecular complexity index is 670. The lowest BCUT2D eigenvalue weighted by Gasteiger charge is -2.22. The minimum Gasteiger partial charge on any atom is -0.229 e. The Balaban J connectivity index is 2.18. The third-order valence-corrected chi connectivity index (χ3v) is 6.72. The van der Waals surface area contributed by atoms with Crippen LogP contribution in [0, 0.1) is 0 Å². The predicted octanol–water partition coefficient (Wildman–Crippen LogP) is 1.30. The maximum atomic E-state index is 12.1. The van der Waals surface area contributed by atoms with Crippen LogP contribution >= 0.6 is 15.9 Å². The van der Waals surface area contributed by atoms with Gasteiger partial charge in [-0.25, -0.2) is 21.6 Å². The minimum absolute atomic E-state index is 0.125. The molecular formula is C11H14BrNO4S2. The van der Waals surface area contributed by atoms with Crippen LogP contribution in [-0.2, 0) is 19.9 Å². The molecule has 0 radical (unpaired) electrons. The van der Waals surface area contributed by atoms with Crippen molar-refractivity contribution < 1.29 is 16.8 Å². The van der Waals surface area contributed by atoms with E-state index < -0.39 is 25.9 Å². The summed E-state index contributed by atoms with van der Waals surface area (Å²) in [5, 5.41) is 0. The lowest BCUT2D eigenvalue weighted by molar-refractivity contribution is 0.517. The lowest BCUT2D eigenvalue weighted by Crippen LogP contribution is -2.43. The van der Waals surface area contributed by atoms with Gasteiger partial charge in [-0.2, -0.15) is 0 Å². The van der Waals surface area contributed by atoms with Crippen molar-refractivity contribution in [1.82, 2.24) is 4.72 Å². The van der Waals surface area contributed by atoms with Gasteiger partial charge in [-0.05, 0) is 31.0 Å². The highest BCUT2D eigenvalue weighted by Gasteiger charge is 2.28. The molecule has 19 heavy (non-hydrogen) atoms. The van der Waals surface area contributed by atoms with Crippen LogP contribution in [0.4, 0.5) is 0 Å². The molecule has 8 heteroatoms. The highest BCUT2D eigenvalue weighted by atomic mass is 79.9. The van der Waals surface area contributed by atoms with Gasteiger partial charge in [0.15, 0.2) is 9.84 Å². The van der Waals surface area contributed by atoms with Gasteiger partial charge in [-0.1, -0.05) is 22.0 Å². The number of halogens is 1. The first-order valence-corrected chi connectivity index (χ1v) is 9.87. The topological polar surface area (TPSA) is 80.3 Å². The first kappa shape index (κ1) is 15.0. The van der Waals surface area contributed by atoms with E-state index in [1.54, 1.807) is 12.1 Å². The molecule has 1 atom stereocenters. The Labute approximate surface area is 121 Å². The molecular weight excluding hydrogens is 354 g/mol. The zero-order valence-electron chi connectivity index (χ0n) is 10.0. The normalized spacial score (nSPS) is 23.1. The monoisotopic (exact) mass is 367 g/mol. The predicted molar refractivity (Wildman–Crippen MR) is 76.1 cm³/mol. The second-order valence-corrected chi connectivity index (χ2v) is 9.39. The van der Waals surface area contributed by atoms with Crippen molar-refractivity contribution >= 4 is 35.8 Å². The number of rotatable bonds is 3. The standard InChI is InChI=1S/C11H14BrNO4S2/c12-9-3-1-5-11(7-9)19(16,17)13-10-4-2-6-18(14,15)8-10/h1,3,5,7,10,13H,2,4,6,8H2. The third-order valence-electron chi connectivity index (χ3n) is 2.89. The summed E-state index contributed by atoms with van der Waals surface area (Å²) in [7, 11) is -6.81. The quantitative estimate of drug-likeness (QED) is 0.872. The van der Waals surface area contributed by atoms with Crippen molar-refractivity contribution in [2.75, 3.05) is 11.5 Å². The van der Waals surface area contributed by atoms with Crippen molar-refractivity contribution in [2.45, 2.75) is 23.8 Å². The van der Waals surface area contributed by atoms with Crippen LogP contribution in [-0.4, -0.2) is 34.4 Å². The molecule has 1 aromatic carbocycles. The van der Waals surface area contributed by atoms with Gasteiger partial charge in [0.05, 0.1) is 16.4 Å². The number of hydrogen-bond donors (Lipinski definition) is 1. The number of nitrogens with one attached hydrogen (secondary N) is 1. The van der Waals surface area contributed by atoms with Gasteiger partial charge in [0.25, 0.3) is 0 Å². The summed E-state index contributed by atoms with van der Waals surface area (Å²) in [6.45, 7) is 0. The average molecular weight is 368 g/mol. The SMILES string of the molecule is O=S1(=O)CCCC(NS(=O)(=O)c2cccc(Br)c2)C1. The van der Waals surface area contributed by atoms with Crippen molar-refractivity contribution in [2.24, 2.45) is 0 Å². The summed E-state index contributed by atoms with van der Waals surface area (Å²) in [6.07, 6.45) is 1.04. The maximum Gasteiger partial charge on any atom is 0.240 e. The maximum absolute atomic E-state index is 12.1. The minimum atomic E-state index is -3.68. The van der Waals surface area contributed by atoms with Crippen LogP contribution in [0.1, 0.15) is 12.8 Å². The molecule has 2 rings (SSSR count). The van der Waals surface area contributed by atoms with Crippen molar-refractivity contribution in [3.05, 3.63) is 28.7 Å². The Hall–Kier alpha value is -0.440. The van der Waals surface area contributed by atoms with Gasteiger partial charge in [0.2, 0.25) is 10.0 Å². The number of sulfonamides is 1. The van der Waals surface area contributed by atoms with Crippen molar-refractivity contribution in [3.63, 3.8) is 0 Å². The van der Waals surface area contributed by atoms with E-state index in [2.05, 4.69) is 20.7 Å². The average Bonchev–Trinajstić information content (AvgIpc) is 2.27. The number of hydrogen-bond acceptors (Lipinski definition) is 4. The first-order chi connectivity index (χ1) is 8.78. The van der Waals surface area contributed by atoms with Gasteiger partial charge in [0.1, 0.15) is 0 Å². The summed E-state index contributed by atoms with van der Waals surface area (Å²) < 4.78 is 50.4. The van der Waals surface area contributed by atoms with Crippen LogP contribution in [0.2, 0.25) is 0 Å². The first-order valence-electron chi connectivity index (χ1n) is 5.77. The molecule has 1 aliphatic rings. The van der Waals surface area contributed by atoms with Crippen LogP contribution < -0.4 is 4.72 Å². The molecule has 0 bridgehead atoms. The van der Waals surface area contributed by atoms with E-state index >= 15 is 0 Å². The molecule has 1 saturated heterocycles. The molecule has 0 saturated carbocycles. The van der Waals surface area contributed by atoms with Crippen molar-refractivity contribution in [1.29, 1.82) is 0 Å². The van der Waals surface area contributed by atoms with Gasteiger partial charge in [-0.3, -0.25) is 0 Å². The van der Waals surface area contributed by atoms with Gasteiger partial charge in [-0.15, -0.1) is 0 Å². The second kappa shape index (κ2) is 5.51. The fourth-order valence-electron chi connectivity index (χ4n) is 2.04. The van der Waals surface area contributed by atoms with Gasteiger partial charge < -0.3 is 0 Å². The summed E-state index contributed by atoms with van der Waals surface area (Å²) in [5.74, 6) is 0.0162. The fourth-order valence-corrected chi connectivity index (χ4v) is 5.65. The molecule has 1 N–H and O–H groups in total. The van der Waals surface area contributed by atoms with Crippen LogP contribution in [0.15, 0.2) is 33.6 Å². The molecule has 1 unspecified atom stereocenters. The highest BCUT2D eigenvalue weighted by molar-refractivity contribution is 9.10. The molecule has 106 valence electrons. The highest BCUT2D eigenvalue weighted by Crippen LogP contribution is 2.18. The Morgan fingerprint density at radius 2 is 2.05 bits per heavy atom. The lowest BCUT2D eigenvalue weighted by atomic mass is 10.2. The summed E-state index contributed by atoms with van der Waals surface area (Å²) in [5.41, 5.74) is 0. The zero-order chi connectivity index (χ0) is 14.1. The molecule has 1 heterocycles. The molecule has 1 aromatic rings. The van der Waals surface area contributed by atoms with E-state index in [0.29, 0.717) is 17.3 Å². The molecule has 0 aromatic heterocycles. The zero-order valence-corrected chi connectivity index (χ0v) is 13.3. The van der Waals surface area contributed by atoms with E-state index in [1.807, 2.05) is 0 Å².